The molecule has 1 fully saturated rings. The maximum Gasteiger partial charge on any atom is 0.264 e. The van der Waals surface area contributed by atoms with Gasteiger partial charge in [0.25, 0.3) is 10.0 Å². The topological polar surface area (TPSA) is 96.0 Å². The number of methoxy groups -OCH3 is 1. The SMILES string of the molecule is CC[C@H](C(=O)NC1CCCCC1)N(Cc1ccccc1Cl)C(=O)CN(c1ccccc1OC)S(=O)(=O)c1ccccc1. The van der Waals surface area contributed by atoms with Crippen molar-refractivity contribution in [3.05, 3.63) is 89.4 Å². The van der Waals surface area contributed by atoms with Gasteiger partial charge in [-0.1, -0.05) is 86.3 Å². The van der Waals surface area contributed by atoms with Crippen molar-refractivity contribution in [2.24, 2.45) is 0 Å². The largest absolute Gasteiger partial charge is 0.495 e. The number of para-hydroxylation sites is 2. The van der Waals surface area contributed by atoms with Gasteiger partial charge in [-0.05, 0) is 55.2 Å². The zero-order valence-electron chi connectivity index (χ0n) is 24.0. The van der Waals surface area contributed by atoms with E-state index in [4.69, 9.17) is 16.3 Å². The van der Waals surface area contributed by atoms with Crippen LogP contribution in [0.4, 0.5) is 5.69 Å². The van der Waals surface area contributed by atoms with Crippen LogP contribution in [0.5, 0.6) is 5.75 Å². The predicted molar refractivity (Wildman–Crippen MR) is 165 cm³/mol. The Morgan fingerprint density at radius 1 is 0.952 bits per heavy atom. The third-order valence-corrected chi connectivity index (χ3v) is 9.74. The first-order valence-electron chi connectivity index (χ1n) is 14.3. The summed E-state index contributed by atoms with van der Waals surface area (Å²) < 4.78 is 34.6. The molecule has 0 bridgehead atoms. The highest BCUT2D eigenvalue weighted by molar-refractivity contribution is 7.92. The zero-order valence-corrected chi connectivity index (χ0v) is 25.6. The van der Waals surface area contributed by atoms with Gasteiger partial charge < -0.3 is 15.0 Å². The Bertz CT molecular complexity index is 1460. The molecular weight excluding hydrogens is 574 g/mol. The number of ether oxygens (including phenoxy) is 1. The summed E-state index contributed by atoms with van der Waals surface area (Å²) in [7, 11) is -2.75. The minimum atomic E-state index is -4.19. The molecule has 4 rings (SSSR count). The number of halogens is 1. The van der Waals surface area contributed by atoms with E-state index in [-0.39, 0.29) is 29.1 Å². The van der Waals surface area contributed by atoms with Crippen molar-refractivity contribution in [2.75, 3.05) is 18.0 Å². The molecule has 10 heteroatoms. The summed E-state index contributed by atoms with van der Waals surface area (Å²) in [6, 6.07) is 20.9. The monoisotopic (exact) mass is 611 g/mol. The van der Waals surface area contributed by atoms with Crippen molar-refractivity contribution in [3.8, 4) is 5.75 Å². The number of rotatable bonds is 12. The molecule has 1 N–H and O–H groups in total. The lowest BCUT2D eigenvalue weighted by Gasteiger charge is -2.34. The Labute approximate surface area is 253 Å². The number of nitrogens with zero attached hydrogens (tertiary/aromatic N) is 2. The second-order valence-corrected chi connectivity index (χ2v) is 12.6. The molecule has 0 saturated heterocycles. The minimum absolute atomic E-state index is 0.0310. The van der Waals surface area contributed by atoms with Crippen LogP contribution in [0, 0.1) is 0 Å². The quantitative estimate of drug-likeness (QED) is 0.279. The molecule has 0 heterocycles. The lowest BCUT2D eigenvalue weighted by atomic mass is 9.95. The van der Waals surface area contributed by atoms with Crippen LogP contribution in [-0.4, -0.2) is 50.9 Å². The van der Waals surface area contributed by atoms with Crippen molar-refractivity contribution in [3.63, 3.8) is 0 Å². The molecule has 1 atom stereocenters. The third kappa shape index (κ3) is 7.44. The molecule has 0 radical (unpaired) electrons. The number of sulfonamides is 1. The van der Waals surface area contributed by atoms with Crippen LogP contribution in [0.3, 0.4) is 0 Å². The van der Waals surface area contributed by atoms with E-state index in [0.717, 1.165) is 36.4 Å². The van der Waals surface area contributed by atoms with Gasteiger partial charge in [-0.25, -0.2) is 8.42 Å². The molecule has 0 unspecified atom stereocenters. The molecule has 0 spiro atoms. The normalized spacial score (nSPS) is 14.5. The van der Waals surface area contributed by atoms with Crippen LogP contribution < -0.4 is 14.4 Å². The molecule has 0 aromatic heterocycles. The molecular formula is C32H38ClN3O5S. The number of carbonyl (C=O) groups is 2. The molecule has 42 heavy (non-hydrogen) atoms. The van der Waals surface area contributed by atoms with Crippen molar-refractivity contribution >= 4 is 39.1 Å². The van der Waals surface area contributed by atoms with Gasteiger partial charge in [-0.2, -0.15) is 0 Å². The number of benzene rings is 3. The molecule has 1 aliphatic rings. The van der Waals surface area contributed by atoms with Gasteiger partial charge in [0.2, 0.25) is 11.8 Å². The van der Waals surface area contributed by atoms with Gasteiger partial charge in [-0.3, -0.25) is 13.9 Å². The Kier molecular flexibility index (Phi) is 10.9. The van der Waals surface area contributed by atoms with Crippen LogP contribution in [0.2, 0.25) is 5.02 Å². The van der Waals surface area contributed by atoms with E-state index in [9.17, 15) is 18.0 Å². The number of hydrogen-bond donors (Lipinski definition) is 1. The summed E-state index contributed by atoms with van der Waals surface area (Å²) in [5.41, 5.74) is 0.876. The van der Waals surface area contributed by atoms with Gasteiger partial charge in [0.15, 0.2) is 0 Å². The predicted octanol–water partition coefficient (Wildman–Crippen LogP) is 5.80. The van der Waals surface area contributed by atoms with E-state index >= 15 is 0 Å². The number of nitrogens with one attached hydrogen (secondary N) is 1. The van der Waals surface area contributed by atoms with Gasteiger partial charge in [0.1, 0.15) is 18.3 Å². The Morgan fingerprint density at radius 3 is 2.26 bits per heavy atom. The van der Waals surface area contributed by atoms with Crippen molar-refractivity contribution in [2.45, 2.75) is 69.0 Å². The summed E-state index contributed by atoms with van der Waals surface area (Å²) in [5, 5.41) is 3.60. The van der Waals surface area contributed by atoms with Crippen LogP contribution >= 0.6 is 11.6 Å². The number of amides is 2. The molecule has 8 nitrogen and oxygen atoms in total. The number of anilines is 1. The van der Waals surface area contributed by atoms with E-state index in [2.05, 4.69) is 5.32 Å². The number of carbonyl (C=O) groups excluding carboxylic acids is 2. The first-order chi connectivity index (χ1) is 20.3. The summed E-state index contributed by atoms with van der Waals surface area (Å²) in [6.07, 6.45) is 5.39. The van der Waals surface area contributed by atoms with Gasteiger partial charge >= 0.3 is 0 Å². The van der Waals surface area contributed by atoms with E-state index in [1.54, 1.807) is 60.7 Å². The zero-order chi connectivity index (χ0) is 30.1. The van der Waals surface area contributed by atoms with Crippen molar-refractivity contribution in [1.82, 2.24) is 10.2 Å². The third-order valence-electron chi connectivity index (χ3n) is 7.60. The fourth-order valence-corrected chi connectivity index (χ4v) is 6.98. The second-order valence-electron chi connectivity index (χ2n) is 10.4. The highest BCUT2D eigenvalue weighted by atomic mass is 35.5. The molecule has 3 aromatic carbocycles. The molecule has 1 saturated carbocycles. The second kappa shape index (κ2) is 14.6. The summed E-state index contributed by atoms with van der Waals surface area (Å²) >= 11 is 6.49. The van der Waals surface area contributed by atoms with Crippen LogP contribution in [0.1, 0.15) is 51.0 Å². The molecule has 3 aromatic rings. The fraction of sp³-hybridized carbons (Fsp3) is 0.375. The lowest BCUT2D eigenvalue weighted by molar-refractivity contribution is -0.140. The molecule has 1 aliphatic carbocycles. The van der Waals surface area contributed by atoms with Crippen LogP contribution in [-0.2, 0) is 26.2 Å². The van der Waals surface area contributed by atoms with Crippen LogP contribution in [0.25, 0.3) is 0 Å². The van der Waals surface area contributed by atoms with Gasteiger partial charge in [-0.15, -0.1) is 0 Å². The first kappa shape index (κ1) is 31.4. The fourth-order valence-electron chi connectivity index (χ4n) is 5.34. The average molecular weight is 612 g/mol. The van der Waals surface area contributed by atoms with Crippen LogP contribution in [0.15, 0.2) is 83.8 Å². The Morgan fingerprint density at radius 2 is 1.60 bits per heavy atom. The summed E-state index contributed by atoms with van der Waals surface area (Å²) in [5.74, 6) is -0.491. The smallest absolute Gasteiger partial charge is 0.264 e. The van der Waals surface area contributed by atoms with E-state index in [0.29, 0.717) is 22.8 Å². The maximum atomic E-state index is 14.3. The molecule has 224 valence electrons. The Balaban J connectivity index is 1.73. The highest BCUT2D eigenvalue weighted by Crippen LogP contribution is 2.33. The van der Waals surface area contributed by atoms with Crippen molar-refractivity contribution < 1.29 is 22.7 Å². The van der Waals surface area contributed by atoms with E-state index in [1.165, 1.54) is 24.1 Å². The van der Waals surface area contributed by atoms with Gasteiger partial charge in [0.05, 0.1) is 17.7 Å². The summed E-state index contributed by atoms with van der Waals surface area (Å²) in [6.45, 7) is 1.34. The van der Waals surface area contributed by atoms with Crippen molar-refractivity contribution in [1.29, 1.82) is 0 Å². The Hall–Kier alpha value is -3.56. The van der Waals surface area contributed by atoms with E-state index in [1.807, 2.05) is 13.0 Å². The molecule has 2 amide bonds. The molecule has 0 aliphatic heterocycles. The minimum Gasteiger partial charge on any atom is -0.495 e. The maximum absolute atomic E-state index is 14.3. The summed E-state index contributed by atoms with van der Waals surface area (Å²) in [4.78, 5) is 29.4. The standard InChI is InChI=1S/C32H38ClN3O5S/c1-3-28(32(38)34-25-15-6-4-7-16-25)35(22-24-14-10-11-19-27(24)33)31(37)23-36(29-20-12-13-21-30(29)41-2)42(39,40)26-17-8-5-9-18-26/h5,8-14,17-21,25,28H,3-4,6-7,15-16,22-23H2,1-2H3,(H,34,38)/t28-/m1/s1. The number of hydrogen-bond acceptors (Lipinski definition) is 5. The highest BCUT2D eigenvalue weighted by Gasteiger charge is 2.35. The van der Waals surface area contributed by atoms with E-state index < -0.39 is 28.5 Å². The lowest BCUT2D eigenvalue weighted by Crippen LogP contribution is -2.54. The first-order valence-corrected chi connectivity index (χ1v) is 16.1. The van der Waals surface area contributed by atoms with Gasteiger partial charge in [0, 0.05) is 17.6 Å². The average Bonchev–Trinajstić information content (AvgIpc) is 3.01.